The van der Waals surface area contributed by atoms with Gasteiger partial charge >= 0.3 is 0 Å². The zero-order valence-electron chi connectivity index (χ0n) is 10.7. The van der Waals surface area contributed by atoms with E-state index in [2.05, 4.69) is 15.1 Å². The van der Waals surface area contributed by atoms with Crippen molar-refractivity contribution >= 4 is 16.6 Å². The van der Waals surface area contributed by atoms with Crippen LogP contribution in [0.1, 0.15) is 0 Å². The third-order valence-electron chi connectivity index (χ3n) is 3.25. The van der Waals surface area contributed by atoms with E-state index in [1.54, 1.807) is 0 Å². The fourth-order valence-electron chi connectivity index (χ4n) is 2.26. The standard InChI is InChI=1S/C15H8F2N4/c16-9-5-6-12(17)11(7-9)14-19-15-10-3-1-2-4-13(10)18-8-21(15)20-14/h1-8H. The van der Waals surface area contributed by atoms with Gasteiger partial charge in [0.25, 0.3) is 0 Å². The van der Waals surface area contributed by atoms with Gasteiger partial charge in [0.15, 0.2) is 11.5 Å². The first kappa shape index (κ1) is 11.9. The molecule has 0 bridgehead atoms. The quantitative estimate of drug-likeness (QED) is 0.538. The lowest BCUT2D eigenvalue weighted by atomic mass is 10.2. The van der Waals surface area contributed by atoms with Crippen LogP contribution in [0.5, 0.6) is 0 Å². The summed E-state index contributed by atoms with van der Waals surface area (Å²) in [5.74, 6) is -0.969. The molecule has 2 heterocycles. The number of nitrogens with zero attached hydrogens (tertiary/aromatic N) is 4. The molecule has 0 atom stereocenters. The second kappa shape index (κ2) is 4.31. The highest BCUT2D eigenvalue weighted by Gasteiger charge is 2.14. The molecular weight excluding hydrogens is 274 g/mol. The average molecular weight is 282 g/mol. The Hall–Kier alpha value is -2.89. The molecule has 102 valence electrons. The van der Waals surface area contributed by atoms with Gasteiger partial charge in [0.1, 0.15) is 18.0 Å². The van der Waals surface area contributed by atoms with Gasteiger partial charge in [0.05, 0.1) is 11.1 Å². The zero-order valence-corrected chi connectivity index (χ0v) is 10.7. The Morgan fingerprint density at radius 1 is 1.00 bits per heavy atom. The van der Waals surface area contributed by atoms with Gasteiger partial charge in [-0.3, -0.25) is 0 Å². The second-order valence-corrected chi connectivity index (χ2v) is 4.59. The van der Waals surface area contributed by atoms with Crippen molar-refractivity contribution in [1.82, 2.24) is 19.6 Å². The summed E-state index contributed by atoms with van der Waals surface area (Å²) in [5, 5.41) is 4.97. The average Bonchev–Trinajstić information content (AvgIpc) is 2.94. The van der Waals surface area contributed by atoms with Gasteiger partial charge in [-0.15, -0.1) is 5.10 Å². The minimum Gasteiger partial charge on any atom is -0.236 e. The normalized spacial score (nSPS) is 11.3. The van der Waals surface area contributed by atoms with Crippen LogP contribution in [-0.4, -0.2) is 19.6 Å². The molecule has 0 radical (unpaired) electrons. The van der Waals surface area contributed by atoms with Crippen LogP contribution in [0.3, 0.4) is 0 Å². The largest absolute Gasteiger partial charge is 0.236 e. The van der Waals surface area contributed by atoms with E-state index in [1.165, 1.54) is 10.8 Å². The smallest absolute Gasteiger partial charge is 0.185 e. The predicted molar refractivity (Wildman–Crippen MR) is 73.6 cm³/mol. The molecule has 4 aromatic rings. The third-order valence-corrected chi connectivity index (χ3v) is 3.25. The highest BCUT2D eigenvalue weighted by Crippen LogP contribution is 2.23. The molecule has 2 aromatic heterocycles. The molecular formula is C15H8F2N4. The SMILES string of the molecule is Fc1ccc(F)c(-c2nc3c4ccccc4ncn3n2)c1. The number of para-hydroxylation sites is 1. The summed E-state index contributed by atoms with van der Waals surface area (Å²) in [4.78, 5) is 8.57. The van der Waals surface area contributed by atoms with Crippen LogP contribution in [0.4, 0.5) is 8.78 Å². The third kappa shape index (κ3) is 1.84. The maximum absolute atomic E-state index is 13.8. The molecule has 0 spiro atoms. The maximum Gasteiger partial charge on any atom is 0.185 e. The monoisotopic (exact) mass is 282 g/mol. The molecule has 0 aliphatic heterocycles. The summed E-state index contributed by atoms with van der Waals surface area (Å²) in [6.07, 6.45) is 1.51. The van der Waals surface area contributed by atoms with Crippen molar-refractivity contribution in [3.63, 3.8) is 0 Å². The molecule has 0 N–H and O–H groups in total. The summed E-state index contributed by atoms with van der Waals surface area (Å²) < 4.78 is 28.6. The van der Waals surface area contributed by atoms with Crippen LogP contribution in [0.25, 0.3) is 27.9 Å². The van der Waals surface area contributed by atoms with Crippen LogP contribution in [-0.2, 0) is 0 Å². The number of hydrogen-bond donors (Lipinski definition) is 0. The lowest BCUT2D eigenvalue weighted by Crippen LogP contribution is -1.91. The van der Waals surface area contributed by atoms with E-state index >= 15 is 0 Å². The molecule has 6 heteroatoms. The maximum atomic E-state index is 13.8. The van der Waals surface area contributed by atoms with Crippen molar-refractivity contribution < 1.29 is 8.78 Å². The van der Waals surface area contributed by atoms with E-state index in [9.17, 15) is 8.78 Å². The van der Waals surface area contributed by atoms with Crippen LogP contribution in [0.15, 0.2) is 48.8 Å². The summed E-state index contributed by atoms with van der Waals surface area (Å²) in [5.41, 5.74) is 1.35. The Morgan fingerprint density at radius 3 is 2.76 bits per heavy atom. The fourth-order valence-corrected chi connectivity index (χ4v) is 2.26. The molecule has 4 rings (SSSR count). The zero-order chi connectivity index (χ0) is 14.4. The van der Waals surface area contributed by atoms with Crippen LogP contribution in [0.2, 0.25) is 0 Å². The van der Waals surface area contributed by atoms with Gasteiger partial charge in [-0.25, -0.2) is 23.3 Å². The Bertz CT molecular complexity index is 978. The molecule has 0 saturated carbocycles. The minimum absolute atomic E-state index is 0.0304. The van der Waals surface area contributed by atoms with Crippen LogP contribution < -0.4 is 0 Å². The van der Waals surface area contributed by atoms with Crippen molar-refractivity contribution in [3.05, 3.63) is 60.4 Å². The molecule has 0 fully saturated rings. The van der Waals surface area contributed by atoms with Gasteiger partial charge in [-0.2, -0.15) is 0 Å². The second-order valence-electron chi connectivity index (χ2n) is 4.59. The number of fused-ring (bicyclic) bond motifs is 3. The molecule has 0 aliphatic rings. The molecule has 0 aliphatic carbocycles. The van der Waals surface area contributed by atoms with Crippen LogP contribution >= 0.6 is 0 Å². The lowest BCUT2D eigenvalue weighted by Gasteiger charge is -1.97. The van der Waals surface area contributed by atoms with Crippen molar-refractivity contribution in [3.8, 4) is 11.4 Å². The topological polar surface area (TPSA) is 43.1 Å². The molecule has 2 aromatic carbocycles. The number of benzene rings is 2. The van der Waals surface area contributed by atoms with Crippen molar-refractivity contribution in [2.45, 2.75) is 0 Å². The fraction of sp³-hybridized carbons (Fsp3) is 0. The first-order valence-electron chi connectivity index (χ1n) is 6.28. The van der Waals surface area contributed by atoms with Gasteiger partial charge in [0, 0.05) is 5.39 Å². The van der Waals surface area contributed by atoms with E-state index in [-0.39, 0.29) is 11.4 Å². The Labute approximate surface area is 117 Å². The van der Waals surface area contributed by atoms with E-state index in [1.807, 2.05) is 24.3 Å². The first-order chi connectivity index (χ1) is 10.2. The van der Waals surface area contributed by atoms with Crippen molar-refractivity contribution in [2.24, 2.45) is 0 Å². The summed E-state index contributed by atoms with van der Waals surface area (Å²) >= 11 is 0. The summed E-state index contributed by atoms with van der Waals surface area (Å²) in [6.45, 7) is 0. The van der Waals surface area contributed by atoms with E-state index in [4.69, 9.17) is 0 Å². The van der Waals surface area contributed by atoms with Gasteiger partial charge < -0.3 is 0 Å². The Morgan fingerprint density at radius 2 is 1.86 bits per heavy atom. The van der Waals surface area contributed by atoms with E-state index < -0.39 is 11.6 Å². The van der Waals surface area contributed by atoms with Crippen LogP contribution in [0, 0.1) is 11.6 Å². The van der Waals surface area contributed by atoms with Gasteiger partial charge in [-0.05, 0) is 30.3 Å². The number of aromatic nitrogens is 4. The Kier molecular flexibility index (Phi) is 2.44. The van der Waals surface area contributed by atoms with Gasteiger partial charge in [0.2, 0.25) is 0 Å². The summed E-state index contributed by atoms with van der Waals surface area (Å²) in [6, 6.07) is 10.7. The predicted octanol–water partition coefficient (Wildman–Crippen LogP) is 3.22. The number of rotatable bonds is 1. The van der Waals surface area contributed by atoms with E-state index in [0.29, 0.717) is 5.65 Å². The lowest BCUT2D eigenvalue weighted by molar-refractivity contribution is 0.602. The molecule has 0 amide bonds. The summed E-state index contributed by atoms with van der Waals surface area (Å²) in [7, 11) is 0. The number of halogens is 2. The molecule has 0 saturated heterocycles. The minimum atomic E-state index is -0.565. The van der Waals surface area contributed by atoms with Gasteiger partial charge in [-0.1, -0.05) is 12.1 Å². The molecule has 21 heavy (non-hydrogen) atoms. The van der Waals surface area contributed by atoms with Crippen molar-refractivity contribution in [2.75, 3.05) is 0 Å². The van der Waals surface area contributed by atoms with Crippen molar-refractivity contribution in [1.29, 1.82) is 0 Å². The molecule has 0 unspecified atom stereocenters. The number of hydrogen-bond acceptors (Lipinski definition) is 3. The Balaban J connectivity index is 2.03. The highest BCUT2D eigenvalue weighted by atomic mass is 19.1. The first-order valence-corrected chi connectivity index (χ1v) is 6.28. The molecule has 4 nitrogen and oxygen atoms in total. The highest BCUT2D eigenvalue weighted by molar-refractivity contribution is 5.91. The van der Waals surface area contributed by atoms with E-state index in [0.717, 1.165) is 29.1 Å².